The minimum Gasteiger partial charge on any atom is -0.465 e. The maximum Gasteiger partial charge on any atom is 0.325 e. The van der Waals surface area contributed by atoms with E-state index in [1.54, 1.807) is 6.92 Å². The summed E-state index contributed by atoms with van der Waals surface area (Å²) in [5.74, 6) is 0.208. The second-order valence-corrected chi connectivity index (χ2v) is 4.50. The number of hydrogen-bond donors (Lipinski definition) is 2. The van der Waals surface area contributed by atoms with Gasteiger partial charge in [0.15, 0.2) is 0 Å². The van der Waals surface area contributed by atoms with Crippen LogP contribution < -0.4 is 10.6 Å². The monoisotopic (exact) mass is 244 g/mol. The number of carbonyl (C=O) groups is 2. The van der Waals surface area contributed by atoms with Crippen molar-refractivity contribution in [3.8, 4) is 0 Å². The van der Waals surface area contributed by atoms with Crippen LogP contribution in [0.4, 0.5) is 4.79 Å². The lowest BCUT2D eigenvalue weighted by atomic mass is 10.0. The third-order valence-corrected chi connectivity index (χ3v) is 2.25. The molecule has 0 aromatic rings. The lowest BCUT2D eigenvalue weighted by Gasteiger charge is -2.15. The molecule has 1 atom stereocenters. The summed E-state index contributed by atoms with van der Waals surface area (Å²) in [5.41, 5.74) is 0. The SMILES string of the molecule is CCOC(=O)CNC(=O)N[C@H](C)CCC(C)C. The van der Waals surface area contributed by atoms with Crippen LogP contribution in [-0.4, -0.2) is 31.2 Å². The van der Waals surface area contributed by atoms with E-state index < -0.39 is 5.97 Å². The van der Waals surface area contributed by atoms with Gasteiger partial charge in [0.2, 0.25) is 0 Å². The summed E-state index contributed by atoms with van der Waals surface area (Å²) in [7, 11) is 0. The van der Waals surface area contributed by atoms with Crippen LogP contribution in [0.25, 0.3) is 0 Å². The van der Waals surface area contributed by atoms with Gasteiger partial charge >= 0.3 is 12.0 Å². The molecule has 0 heterocycles. The molecule has 0 bridgehead atoms. The maximum absolute atomic E-state index is 11.4. The first-order valence-corrected chi connectivity index (χ1v) is 6.15. The number of nitrogens with one attached hydrogen (secondary N) is 2. The standard InChI is InChI=1S/C12H24N2O3/c1-5-17-11(15)8-13-12(16)14-10(4)7-6-9(2)3/h9-10H,5-8H2,1-4H3,(H2,13,14,16)/t10-/m1/s1. The lowest BCUT2D eigenvalue weighted by molar-refractivity contribution is -0.141. The van der Waals surface area contributed by atoms with E-state index in [4.69, 9.17) is 4.74 Å². The van der Waals surface area contributed by atoms with Gasteiger partial charge in [0.25, 0.3) is 0 Å². The van der Waals surface area contributed by atoms with Crippen molar-refractivity contribution < 1.29 is 14.3 Å². The highest BCUT2D eigenvalue weighted by molar-refractivity contribution is 5.80. The molecule has 5 heteroatoms. The fraction of sp³-hybridized carbons (Fsp3) is 0.833. The van der Waals surface area contributed by atoms with Gasteiger partial charge in [-0.05, 0) is 32.6 Å². The normalized spacial score (nSPS) is 12.1. The summed E-state index contributed by atoms with van der Waals surface area (Å²) in [4.78, 5) is 22.4. The van der Waals surface area contributed by atoms with Crippen LogP contribution >= 0.6 is 0 Å². The van der Waals surface area contributed by atoms with Crippen molar-refractivity contribution in [3.63, 3.8) is 0 Å². The summed E-state index contributed by atoms with van der Waals surface area (Å²) in [6.07, 6.45) is 2.00. The van der Waals surface area contributed by atoms with Crippen LogP contribution in [0.2, 0.25) is 0 Å². The largest absolute Gasteiger partial charge is 0.465 e. The fourth-order valence-corrected chi connectivity index (χ4v) is 1.29. The number of urea groups is 1. The van der Waals surface area contributed by atoms with Crippen molar-refractivity contribution >= 4 is 12.0 Å². The number of rotatable bonds is 7. The number of ether oxygens (including phenoxy) is 1. The molecule has 17 heavy (non-hydrogen) atoms. The van der Waals surface area contributed by atoms with Gasteiger partial charge in [-0.25, -0.2) is 4.79 Å². The first kappa shape index (κ1) is 15.7. The highest BCUT2D eigenvalue weighted by Gasteiger charge is 2.09. The zero-order valence-corrected chi connectivity index (χ0v) is 11.2. The smallest absolute Gasteiger partial charge is 0.325 e. The Hall–Kier alpha value is -1.26. The summed E-state index contributed by atoms with van der Waals surface area (Å²) in [5, 5.41) is 5.24. The molecule has 0 aliphatic carbocycles. The van der Waals surface area contributed by atoms with Crippen LogP contribution in [0, 0.1) is 5.92 Å². The predicted octanol–water partition coefficient (Wildman–Crippen LogP) is 1.67. The summed E-state index contributed by atoms with van der Waals surface area (Å²) >= 11 is 0. The van der Waals surface area contributed by atoms with E-state index in [1.807, 2.05) is 6.92 Å². The Morgan fingerprint density at radius 1 is 1.18 bits per heavy atom. The molecule has 0 radical (unpaired) electrons. The minimum atomic E-state index is -0.419. The second-order valence-electron chi connectivity index (χ2n) is 4.50. The van der Waals surface area contributed by atoms with Gasteiger partial charge in [-0.2, -0.15) is 0 Å². The summed E-state index contributed by atoms with van der Waals surface area (Å²) in [6, 6.07) is -0.214. The van der Waals surface area contributed by atoms with Gasteiger partial charge in [0.1, 0.15) is 6.54 Å². The molecule has 0 aromatic carbocycles. The van der Waals surface area contributed by atoms with Crippen LogP contribution in [-0.2, 0) is 9.53 Å². The topological polar surface area (TPSA) is 67.4 Å². The Labute approximate surface area is 103 Å². The Kier molecular flexibility index (Phi) is 8.19. The average molecular weight is 244 g/mol. The molecule has 0 aliphatic rings. The van der Waals surface area contributed by atoms with E-state index in [0.29, 0.717) is 12.5 Å². The second kappa shape index (κ2) is 8.84. The van der Waals surface area contributed by atoms with E-state index in [2.05, 4.69) is 24.5 Å². The fourth-order valence-electron chi connectivity index (χ4n) is 1.29. The molecular formula is C12H24N2O3. The van der Waals surface area contributed by atoms with Crippen LogP contribution in [0.1, 0.15) is 40.5 Å². The van der Waals surface area contributed by atoms with Crippen molar-refractivity contribution in [1.82, 2.24) is 10.6 Å². The van der Waals surface area contributed by atoms with Crippen molar-refractivity contribution in [3.05, 3.63) is 0 Å². The van der Waals surface area contributed by atoms with Crippen molar-refractivity contribution in [2.75, 3.05) is 13.2 Å². The Bertz CT molecular complexity index is 242. The molecule has 2 amide bonds. The zero-order valence-electron chi connectivity index (χ0n) is 11.2. The van der Waals surface area contributed by atoms with Crippen molar-refractivity contribution in [1.29, 1.82) is 0 Å². The van der Waals surface area contributed by atoms with Gasteiger partial charge < -0.3 is 15.4 Å². The van der Waals surface area contributed by atoms with Crippen LogP contribution in [0.3, 0.4) is 0 Å². The van der Waals surface area contributed by atoms with Gasteiger partial charge in [-0.1, -0.05) is 13.8 Å². The third-order valence-electron chi connectivity index (χ3n) is 2.25. The van der Waals surface area contributed by atoms with Gasteiger partial charge in [0, 0.05) is 6.04 Å². The van der Waals surface area contributed by atoms with Crippen molar-refractivity contribution in [2.24, 2.45) is 5.92 Å². The summed E-state index contributed by atoms with van der Waals surface area (Å²) < 4.78 is 4.69. The number of hydrogen-bond acceptors (Lipinski definition) is 3. The zero-order chi connectivity index (χ0) is 13.3. The average Bonchev–Trinajstić information content (AvgIpc) is 2.24. The lowest BCUT2D eigenvalue weighted by Crippen LogP contribution is -2.43. The van der Waals surface area contributed by atoms with Crippen LogP contribution in [0.5, 0.6) is 0 Å². The van der Waals surface area contributed by atoms with Gasteiger partial charge in [0.05, 0.1) is 6.61 Å². The molecule has 0 unspecified atom stereocenters. The maximum atomic E-state index is 11.4. The highest BCUT2D eigenvalue weighted by atomic mass is 16.5. The molecule has 0 spiro atoms. The van der Waals surface area contributed by atoms with Gasteiger partial charge in [-0.15, -0.1) is 0 Å². The number of esters is 1. The first-order chi connectivity index (χ1) is 7.95. The van der Waals surface area contributed by atoms with Gasteiger partial charge in [-0.3, -0.25) is 4.79 Å². The van der Waals surface area contributed by atoms with E-state index in [9.17, 15) is 9.59 Å². The quantitative estimate of drug-likeness (QED) is 0.669. The predicted molar refractivity (Wildman–Crippen MR) is 66.7 cm³/mol. The molecule has 5 nitrogen and oxygen atoms in total. The number of amides is 2. The Morgan fingerprint density at radius 2 is 1.82 bits per heavy atom. The third kappa shape index (κ3) is 9.66. The Balaban J connectivity index is 3.67. The molecule has 0 fully saturated rings. The molecule has 2 N–H and O–H groups in total. The minimum absolute atomic E-state index is 0.0867. The molecule has 0 saturated heterocycles. The van der Waals surface area contributed by atoms with Crippen LogP contribution in [0.15, 0.2) is 0 Å². The van der Waals surface area contributed by atoms with E-state index in [0.717, 1.165) is 12.8 Å². The molecule has 0 aliphatic heterocycles. The molecule has 0 rings (SSSR count). The molecule has 0 saturated carbocycles. The van der Waals surface area contributed by atoms with Crippen molar-refractivity contribution in [2.45, 2.75) is 46.6 Å². The Morgan fingerprint density at radius 3 is 2.35 bits per heavy atom. The van der Waals surface area contributed by atoms with E-state index in [1.165, 1.54) is 0 Å². The van der Waals surface area contributed by atoms with E-state index in [-0.39, 0.29) is 18.6 Å². The van der Waals surface area contributed by atoms with E-state index >= 15 is 0 Å². The highest BCUT2D eigenvalue weighted by Crippen LogP contribution is 2.05. The summed E-state index contributed by atoms with van der Waals surface area (Å²) in [6.45, 7) is 8.21. The first-order valence-electron chi connectivity index (χ1n) is 6.15. The molecule has 0 aromatic heterocycles. The number of carbonyl (C=O) groups excluding carboxylic acids is 2. The molecule has 100 valence electrons. The molecular weight excluding hydrogens is 220 g/mol.